The maximum Gasteiger partial charge on any atom is 0.187 e. The van der Waals surface area contributed by atoms with Crippen molar-refractivity contribution < 1.29 is 4.79 Å². The molecule has 0 amide bonds. The SMILES string of the molecule is CCc1ccccc1C(=O)/C=C1\CC2CCN1CC2. The first kappa shape index (κ1) is 12.5. The van der Waals surface area contributed by atoms with Gasteiger partial charge in [0.25, 0.3) is 0 Å². The zero-order valence-electron chi connectivity index (χ0n) is 11.6. The zero-order valence-corrected chi connectivity index (χ0v) is 11.6. The van der Waals surface area contributed by atoms with Crippen LogP contribution < -0.4 is 0 Å². The number of hydrogen-bond acceptors (Lipinski definition) is 2. The highest BCUT2D eigenvalue weighted by Crippen LogP contribution is 2.34. The van der Waals surface area contributed by atoms with Gasteiger partial charge in [-0.25, -0.2) is 0 Å². The van der Waals surface area contributed by atoms with Crippen LogP contribution in [0.5, 0.6) is 0 Å². The third-order valence-corrected chi connectivity index (χ3v) is 4.48. The molecule has 19 heavy (non-hydrogen) atoms. The minimum absolute atomic E-state index is 0.181. The molecule has 0 saturated carbocycles. The molecule has 3 aliphatic rings. The molecular formula is C17H21NO. The summed E-state index contributed by atoms with van der Waals surface area (Å²) >= 11 is 0. The lowest BCUT2D eigenvalue weighted by molar-refractivity contribution is 0.103. The Morgan fingerprint density at radius 3 is 2.68 bits per heavy atom. The summed E-state index contributed by atoms with van der Waals surface area (Å²) in [7, 11) is 0. The highest BCUT2D eigenvalue weighted by molar-refractivity contribution is 6.06. The summed E-state index contributed by atoms with van der Waals surface area (Å²) in [5.74, 6) is 0.991. The normalized spacial score (nSPS) is 21.1. The molecule has 0 N–H and O–H groups in total. The Bertz CT molecular complexity index is 510. The topological polar surface area (TPSA) is 20.3 Å². The quantitative estimate of drug-likeness (QED) is 0.609. The average Bonchev–Trinajstić information content (AvgIpc) is 2.48. The summed E-state index contributed by atoms with van der Waals surface area (Å²) in [6.45, 7) is 4.38. The number of carbonyl (C=O) groups is 1. The Morgan fingerprint density at radius 1 is 1.32 bits per heavy atom. The molecule has 0 unspecified atom stereocenters. The predicted octanol–water partition coefficient (Wildman–Crippen LogP) is 3.43. The Balaban J connectivity index is 1.85. The van der Waals surface area contributed by atoms with Gasteiger partial charge in [-0.3, -0.25) is 4.79 Å². The van der Waals surface area contributed by atoms with E-state index < -0.39 is 0 Å². The second kappa shape index (κ2) is 5.20. The summed E-state index contributed by atoms with van der Waals surface area (Å²) in [6.07, 6.45) is 6.51. The van der Waals surface area contributed by atoms with Gasteiger partial charge in [0.05, 0.1) is 0 Å². The van der Waals surface area contributed by atoms with Gasteiger partial charge in [0.1, 0.15) is 0 Å². The van der Waals surface area contributed by atoms with E-state index in [9.17, 15) is 4.79 Å². The summed E-state index contributed by atoms with van der Waals surface area (Å²) in [4.78, 5) is 14.9. The molecule has 3 saturated heterocycles. The first-order chi connectivity index (χ1) is 9.28. The van der Waals surface area contributed by atoms with E-state index in [1.807, 2.05) is 24.3 Å². The van der Waals surface area contributed by atoms with Crippen molar-refractivity contribution in [3.63, 3.8) is 0 Å². The van der Waals surface area contributed by atoms with E-state index in [1.165, 1.54) is 18.5 Å². The van der Waals surface area contributed by atoms with Crippen molar-refractivity contribution in [2.45, 2.75) is 32.6 Å². The minimum Gasteiger partial charge on any atom is -0.375 e. The van der Waals surface area contributed by atoms with E-state index in [2.05, 4.69) is 17.9 Å². The first-order valence-corrected chi connectivity index (χ1v) is 7.35. The smallest absolute Gasteiger partial charge is 0.187 e. The number of carbonyl (C=O) groups excluding carboxylic acids is 1. The Morgan fingerprint density at radius 2 is 2.05 bits per heavy atom. The van der Waals surface area contributed by atoms with Gasteiger partial charge in [-0.05, 0) is 37.2 Å². The van der Waals surface area contributed by atoms with Crippen LogP contribution in [0.4, 0.5) is 0 Å². The van der Waals surface area contributed by atoms with Crippen LogP contribution in [0, 0.1) is 5.92 Å². The van der Waals surface area contributed by atoms with E-state index in [0.29, 0.717) is 0 Å². The number of piperidine rings is 3. The molecule has 0 radical (unpaired) electrons. The standard InChI is InChI=1S/C17H21NO/c1-2-14-5-3-4-6-16(14)17(19)12-15-11-13-7-9-18(15)10-8-13/h3-6,12-13H,2,7-11H2,1H3/b15-12+. The lowest BCUT2D eigenvalue weighted by Crippen LogP contribution is -2.39. The number of fused-ring (bicyclic) bond motifs is 3. The third-order valence-electron chi connectivity index (χ3n) is 4.48. The fraction of sp³-hybridized carbons (Fsp3) is 0.471. The van der Waals surface area contributed by atoms with Crippen LogP contribution in [-0.4, -0.2) is 23.8 Å². The Kier molecular flexibility index (Phi) is 3.41. The van der Waals surface area contributed by atoms with Crippen molar-refractivity contribution in [3.05, 3.63) is 47.2 Å². The molecule has 3 heterocycles. The molecule has 1 aromatic carbocycles. The van der Waals surface area contributed by atoms with Crippen LogP contribution in [0.2, 0.25) is 0 Å². The highest BCUT2D eigenvalue weighted by atomic mass is 16.1. The van der Waals surface area contributed by atoms with E-state index in [-0.39, 0.29) is 5.78 Å². The van der Waals surface area contributed by atoms with E-state index in [4.69, 9.17) is 0 Å². The van der Waals surface area contributed by atoms with Crippen molar-refractivity contribution >= 4 is 5.78 Å². The van der Waals surface area contributed by atoms with E-state index in [1.54, 1.807) is 0 Å². The second-order valence-electron chi connectivity index (χ2n) is 5.65. The number of rotatable bonds is 3. The Labute approximate surface area is 115 Å². The Hall–Kier alpha value is -1.57. The lowest BCUT2D eigenvalue weighted by Gasteiger charge is -2.42. The van der Waals surface area contributed by atoms with Crippen molar-refractivity contribution in [3.8, 4) is 0 Å². The molecule has 2 heteroatoms. The second-order valence-corrected chi connectivity index (χ2v) is 5.65. The summed E-state index contributed by atoms with van der Waals surface area (Å²) < 4.78 is 0. The molecule has 2 bridgehead atoms. The van der Waals surface area contributed by atoms with Crippen LogP contribution in [0.3, 0.4) is 0 Å². The molecule has 4 rings (SSSR count). The summed E-state index contributed by atoms with van der Waals surface area (Å²) in [6, 6.07) is 7.97. The number of benzene rings is 1. The number of nitrogens with zero attached hydrogens (tertiary/aromatic N) is 1. The van der Waals surface area contributed by atoms with Crippen molar-refractivity contribution in [2.24, 2.45) is 5.92 Å². The van der Waals surface area contributed by atoms with Crippen LogP contribution in [0.15, 0.2) is 36.0 Å². The summed E-state index contributed by atoms with van der Waals surface area (Å²) in [5, 5.41) is 0. The monoisotopic (exact) mass is 255 g/mol. The maximum atomic E-state index is 12.5. The minimum atomic E-state index is 0.181. The van der Waals surface area contributed by atoms with E-state index >= 15 is 0 Å². The van der Waals surface area contributed by atoms with Crippen LogP contribution in [-0.2, 0) is 6.42 Å². The number of aryl methyl sites for hydroxylation is 1. The fourth-order valence-corrected chi connectivity index (χ4v) is 3.30. The molecule has 100 valence electrons. The van der Waals surface area contributed by atoms with Crippen molar-refractivity contribution in [1.82, 2.24) is 4.90 Å². The van der Waals surface area contributed by atoms with Gasteiger partial charge in [-0.2, -0.15) is 0 Å². The molecule has 3 aliphatic heterocycles. The van der Waals surface area contributed by atoms with Gasteiger partial charge in [-0.1, -0.05) is 31.2 Å². The van der Waals surface area contributed by atoms with Crippen LogP contribution in [0.25, 0.3) is 0 Å². The molecule has 1 aromatic rings. The van der Waals surface area contributed by atoms with Crippen molar-refractivity contribution in [1.29, 1.82) is 0 Å². The van der Waals surface area contributed by atoms with Gasteiger partial charge >= 0.3 is 0 Å². The van der Waals surface area contributed by atoms with Crippen molar-refractivity contribution in [2.75, 3.05) is 13.1 Å². The fourth-order valence-electron chi connectivity index (χ4n) is 3.30. The van der Waals surface area contributed by atoms with E-state index in [0.717, 1.165) is 43.0 Å². The molecule has 0 atom stereocenters. The predicted molar refractivity (Wildman–Crippen MR) is 77.1 cm³/mol. The zero-order chi connectivity index (χ0) is 13.2. The molecular weight excluding hydrogens is 234 g/mol. The molecule has 2 nitrogen and oxygen atoms in total. The number of allylic oxidation sites excluding steroid dienone is 2. The molecule has 0 aromatic heterocycles. The lowest BCUT2D eigenvalue weighted by atomic mass is 9.85. The number of hydrogen-bond donors (Lipinski definition) is 0. The molecule has 0 spiro atoms. The highest BCUT2D eigenvalue weighted by Gasteiger charge is 2.29. The van der Waals surface area contributed by atoms with Gasteiger partial charge < -0.3 is 4.90 Å². The average molecular weight is 255 g/mol. The summed E-state index contributed by atoms with van der Waals surface area (Å²) in [5.41, 5.74) is 3.29. The van der Waals surface area contributed by atoms with Crippen LogP contribution >= 0.6 is 0 Å². The van der Waals surface area contributed by atoms with Gasteiger partial charge in [-0.15, -0.1) is 0 Å². The van der Waals surface area contributed by atoms with Crippen LogP contribution in [0.1, 0.15) is 42.1 Å². The molecule has 3 fully saturated rings. The maximum absolute atomic E-state index is 12.5. The number of ketones is 1. The van der Waals surface area contributed by atoms with Gasteiger partial charge in [0.15, 0.2) is 5.78 Å². The first-order valence-electron chi connectivity index (χ1n) is 7.35. The third kappa shape index (κ3) is 2.44. The largest absolute Gasteiger partial charge is 0.375 e. The van der Waals surface area contributed by atoms with Gasteiger partial charge in [0.2, 0.25) is 0 Å². The van der Waals surface area contributed by atoms with Gasteiger partial charge in [0, 0.05) is 30.4 Å². The molecule has 0 aliphatic carbocycles.